The van der Waals surface area contributed by atoms with Crippen molar-refractivity contribution in [3.8, 4) is 0 Å². The average Bonchev–Trinajstić information content (AvgIpc) is 3.11. The zero-order valence-electron chi connectivity index (χ0n) is 13.6. The minimum absolute atomic E-state index is 0.0178. The quantitative estimate of drug-likeness (QED) is 0.691. The number of hydrazone groups is 1. The molecule has 124 valence electrons. The van der Waals surface area contributed by atoms with Gasteiger partial charge in [0.1, 0.15) is 5.82 Å². The molecule has 0 aliphatic carbocycles. The molecule has 1 saturated heterocycles. The molecule has 0 radical (unpaired) electrons. The van der Waals surface area contributed by atoms with Gasteiger partial charge in [0, 0.05) is 18.8 Å². The summed E-state index contributed by atoms with van der Waals surface area (Å²) in [7, 11) is 0. The average molecular weight is 325 g/mol. The highest BCUT2D eigenvalue weighted by Gasteiger charge is 2.13. The number of anilines is 1. The van der Waals surface area contributed by atoms with E-state index in [1.165, 1.54) is 30.7 Å². The number of carbonyl (C=O) groups is 1. The van der Waals surface area contributed by atoms with Gasteiger partial charge >= 0.3 is 0 Å². The lowest BCUT2D eigenvalue weighted by Gasteiger charge is -2.18. The highest BCUT2D eigenvalue weighted by atomic mass is 19.1. The fourth-order valence-electron chi connectivity index (χ4n) is 2.84. The van der Waals surface area contributed by atoms with Crippen LogP contribution in [0.1, 0.15) is 34.3 Å². The molecule has 1 fully saturated rings. The van der Waals surface area contributed by atoms with E-state index in [4.69, 9.17) is 0 Å². The van der Waals surface area contributed by atoms with Crippen LogP contribution in [0.2, 0.25) is 0 Å². The Kier molecular flexibility index (Phi) is 4.89. The molecule has 1 heterocycles. The SMILES string of the molecule is Cc1cc(N2CCCC2)ccc1/C=N\NC(=O)c1ccccc1F. The van der Waals surface area contributed by atoms with Crippen LogP contribution in [0, 0.1) is 12.7 Å². The van der Waals surface area contributed by atoms with Crippen LogP contribution in [0.3, 0.4) is 0 Å². The van der Waals surface area contributed by atoms with E-state index in [9.17, 15) is 9.18 Å². The van der Waals surface area contributed by atoms with Crippen LogP contribution in [-0.2, 0) is 0 Å². The second-order valence-corrected chi connectivity index (χ2v) is 5.91. The van der Waals surface area contributed by atoms with Crippen LogP contribution >= 0.6 is 0 Å². The molecule has 1 N–H and O–H groups in total. The fraction of sp³-hybridized carbons (Fsp3) is 0.263. The fourth-order valence-corrected chi connectivity index (χ4v) is 2.84. The second kappa shape index (κ2) is 7.25. The Morgan fingerprint density at radius 3 is 2.67 bits per heavy atom. The van der Waals surface area contributed by atoms with E-state index < -0.39 is 11.7 Å². The summed E-state index contributed by atoms with van der Waals surface area (Å²) in [5.41, 5.74) is 5.58. The zero-order valence-corrected chi connectivity index (χ0v) is 13.6. The van der Waals surface area contributed by atoms with Gasteiger partial charge in [-0.15, -0.1) is 0 Å². The summed E-state index contributed by atoms with van der Waals surface area (Å²) >= 11 is 0. The minimum Gasteiger partial charge on any atom is -0.372 e. The molecule has 0 spiro atoms. The predicted octanol–water partition coefficient (Wildman–Crippen LogP) is 3.50. The molecule has 1 aliphatic rings. The third-order valence-corrected chi connectivity index (χ3v) is 4.21. The van der Waals surface area contributed by atoms with Gasteiger partial charge in [0.05, 0.1) is 11.8 Å². The molecule has 0 bridgehead atoms. The summed E-state index contributed by atoms with van der Waals surface area (Å²) in [6.45, 7) is 4.22. The summed E-state index contributed by atoms with van der Waals surface area (Å²) in [5.74, 6) is -1.12. The van der Waals surface area contributed by atoms with Gasteiger partial charge in [-0.1, -0.05) is 18.2 Å². The van der Waals surface area contributed by atoms with E-state index in [-0.39, 0.29) is 5.56 Å². The predicted molar refractivity (Wildman–Crippen MR) is 94.1 cm³/mol. The molecule has 5 heteroatoms. The van der Waals surface area contributed by atoms with Crippen molar-refractivity contribution in [3.63, 3.8) is 0 Å². The number of benzene rings is 2. The maximum Gasteiger partial charge on any atom is 0.274 e. The van der Waals surface area contributed by atoms with Gasteiger partial charge in [-0.3, -0.25) is 4.79 Å². The van der Waals surface area contributed by atoms with Gasteiger partial charge in [-0.2, -0.15) is 5.10 Å². The van der Waals surface area contributed by atoms with Crippen LogP contribution in [-0.4, -0.2) is 25.2 Å². The smallest absolute Gasteiger partial charge is 0.274 e. The second-order valence-electron chi connectivity index (χ2n) is 5.91. The van der Waals surface area contributed by atoms with Crippen molar-refractivity contribution in [1.82, 2.24) is 5.43 Å². The van der Waals surface area contributed by atoms with Crippen LogP contribution in [0.4, 0.5) is 10.1 Å². The summed E-state index contributed by atoms with van der Waals surface area (Å²) < 4.78 is 13.5. The Morgan fingerprint density at radius 1 is 1.21 bits per heavy atom. The van der Waals surface area contributed by atoms with Crippen molar-refractivity contribution in [2.75, 3.05) is 18.0 Å². The van der Waals surface area contributed by atoms with E-state index in [2.05, 4.69) is 27.6 Å². The molecular weight excluding hydrogens is 305 g/mol. The third kappa shape index (κ3) is 3.62. The van der Waals surface area contributed by atoms with Crippen LogP contribution in [0.15, 0.2) is 47.6 Å². The van der Waals surface area contributed by atoms with Crippen molar-refractivity contribution in [1.29, 1.82) is 0 Å². The van der Waals surface area contributed by atoms with Crippen molar-refractivity contribution in [3.05, 3.63) is 65.0 Å². The maximum atomic E-state index is 13.5. The van der Waals surface area contributed by atoms with Crippen LogP contribution in [0.5, 0.6) is 0 Å². The number of carbonyl (C=O) groups excluding carboxylic acids is 1. The lowest BCUT2D eigenvalue weighted by atomic mass is 10.1. The minimum atomic E-state index is -0.560. The third-order valence-electron chi connectivity index (χ3n) is 4.21. The van der Waals surface area contributed by atoms with Crippen molar-refractivity contribution >= 4 is 17.8 Å². The first-order chi connectivity index (χ1) is 11.6. The Morgan fingerprint density at radius 2 is 1.96 bits per heavy atom. The molecule has 24 heavy (non-hydrogen) atoms. The molecule has 0 aromatic heterocycles. The molecule has 1 amide bonds. The van der Waals surface area contributed by atoms with Crippen molar-refractivity contribution in [2.24, 2.45) is 5.10 Å². The standard InChI is InChI=1S/C19H20FN3O/c1-14-12-16(23-10-4-5-11-23)9-8-15(14)13-21-22-19(24)17-6-2-3-7-18(17)20/h2-3,6-9,12-13H,4-5,10-11H2,1H3,(H,22,24)/b21-13-. The Balaban J connectivity index is 1.66. The monoisotopic (exact) mass is 325 g/mol. The number of aryl methyl sites for hydroxylation is 1. The summed E-state index contributed by atoms with van der Waals surface area (Å²) in [4.78, 5) is 14.3. The van der Waals surface area contributed by atoms with E-state index >= 15 is 0 Å². The van der Waals surface area contributed by atoms with Crippen LogP contribution < -0.4 is 10.3 Å². The van der Waals surface area contributed by atoms with Gasteiger partial charge in [-0.25, -0.2) is 9.82 Å². The molecule has 3 rings (SSSR count). The number of hydrogen-bond acceptors (Lipinski definition) is 3. The van der Waals surface area contributed by atoms with Gasteiger partial charge in [0.2, 0.25) is 0 Å². The zero-order chi connectivity index (χ0) is 16.9. The van der Waals surface area contributed by atoms with E-state index in [1.54, 1.807) is 18.3 Å². The van der Waals surface area contributed by atoms with E-state index in [1.807, 2.05) is 13.0 Å². The lowest BCUT2D eigenvalue weighted by molar-refractivity contribution is 0.0951. The molecular formula is C19H20FN3O. The first-order valence-electron chi connectivity index (χ1n) is 8.09. The maximum absolute atomic E-state index is 13.5. The molecule has 1 aliphatic heterocycles. The number of hydrogen-bond donors (Lipinski definition) is 1. The molecule has 2 aromatic rings. The molecule has 0 unspecified atom stereocenters. The number of amides is 1. The highest BCUT2D eigenvalue weighted by Crippen LogP contribution is 2.22. The molecule has 0 saturated carbocycles. The van der Waals surface area contributed by atoms with Gasteiger partial charge in [0.15, 0.2) is 0 Å². The van der Waals surface area contributed by atoms with E-state index in [0.717, 1.165) is 24.2 Å². The van der Waals surface area contributed by atoms with Gasteiger partial charge in [-0.05, 0) is 55.2 Å². The Hall–Kier alpha value is -2.69. The lowest BCUT2D eigenvalue weighted by Crippen LogP contribution is -2.19. The first-order valence-corrected chi connectivity index (χ1v) is 8.09. The van der Waals surface area contributed by atoms with Crippen LogP contribution in [0.25, 0.3) is 0 Å². The first kappa shape index (κ1) is 16.2. The normalized spacial score (nSPS) is 14.3. The van der Waals surface area contributed by atoms with Gasteiger partial charge < -0.3 is 4.90 Å². The van der Waals surface area contributed by atoms with Crippen molar-refractivity contribution in [2.45, 2.75) is 19.8 Å². The Bertz CT molecular complexity index is 767. The molecule has 0 atom stereocenters. The van der Waals surface area contributed by atoms with Gasteiger partial charge in [0.25, 0.3) is 5.91 Å². The summed E-state index contributed by atoms with van der Waals surface area (Å²) in [6, 6.07) is 12.0. The molecule has 2 aromatic carbocycles. The topological polar surface area (TPSA) is 44.7 Å². The molecule has 4 nitrogen and oxygen atoms in total. The Labute approximate surface area is 141 Å². The number of nitrogens with zero attached hydrogens (tertiary/aromatic N) is 2. The largest absolute Gasteiger partial charge is 0.372 e. The number of nitrogens with one attached hydrogen (secondary N) is 1. The highest BCUT2D eigenvalue weighted by molar-refractivity contribution is 5.95. The number of halogens is 1. The summed E-state index contributed by atoms with van der Waals surface area (Å²) in [5, 5.41) is 3.94. The summed E-state index contributed by atoms with van der Waals surface area (Å²) in [6.07, 6.45) is 4.07. The van der Waals surface area contributed by atoms with E-state index in [0.29, 0.717) is 0 Å². The number of rotatable bonds is 4. The van der Waals surface area contributed by atoms with Crippen molar-refractivity contribution < 1.29 is 9.18 Å².